The third kappa shape index (κ3) is 4.06. The molecule has 8 heteroatoms. The summed E-state index contributed by atoms with van der Waals surface area (Å²) in [5.41, 5.74) is 2.00. The van der Waals surface area contributed by atoms with Crippen molar-refractivity contribution >= 4 is 33.9 Å². The zero-order chi connectivity index (χ0) is 20.4. The van der Waals surface area contributed by atoms with Gasteiger partial charge in [0.2, 0.25) is 5.91 Å². The number of fused-ring (bicyclic) bond motifs is 1. The highest BCUT2D eigenvalue weighted by Gasteiger charge is 2.22. The first-order chi connectivity index (χ1) is 13.3. The lowest BCUT2D eigenvalue weighted by Gasteiger charge is -2.12. The zero-order valence-electron chi connectivity index (χ0n) is 16.6. The van der Waals surface area contributed by atoms with Crippen LogP contribution in [0.2, 0.25) is 0 Å². The van der Waals surface area contributed by atoms with E-state index >= 15 is 0 Å². The molecule has 3 rings (SSSR count). The van der Waals surface area contributed by atoms with E-state index in [0.717, 1.165) is 16.1 Å². The number of aryl methyl sites for hydroxylation is 1. The molecule has 0 radical (unpaired) electrons. The van der Waals surface area contributed by atoms with Crippen LogP contribution in [0.15, 0.2) is 23.6 Å². The number of ether oxygens (including phenoxy) is 1. The number of hydrogen-bond acceptors (Lipinski definition) is 6. The molecule has 0 saturated heterocycles. The van der Waals surface area contributed by atoms with Gasteiger partial charge in [-0.05, 0) is 26.0 Å². The first-order valence-corrected chi connectivity index (χ1v) is 9.98. The number of methoxy groups -OCH3 is 1. The molecule has 28 heavy (non-hydrogen) atoms. The van der Waals surface area contributed by atoms with E-state index in [1.165, 1.54) is 11.3 Å². The zero-order valence-corrected chi connectivity index (χ0v) is 17.5. The maximum Gasteiger partial charge on any atom is 0.242 e. The highest BCUT2D eigenvalue weighted by molar-refractivity contribution is 7.09. The van der Waals surface area contributed by atoms with Crippen LogP contribution in [0, 0.1) is 12.8 Å². The van der Waals surface area contributed by atoms with Crippen LogP contribution < -0.4 is 10.1 Å². The van der Waals surface area contributed by atoms with Gasteiger partial charge in [0.1, 0.15) is 23.0 Å². The van der Waals surface area contributed by atoms with Crippen molar-refractivity contribution in [2.24, 2.45) is 5.92 Å². The Kier molecular flexibility index (Phi) is 5.79. The molecule has 0 bridgehead atoms. The quantitative estimate of drug-likeness (QED) is 0.613. The molecule has 0 aliphatic carbocycles. The lowest BCUT2D eigenvalue weighted by molar-refractivity contribution is -0.122. The van der Waals surface area contributed by atoms with Gasteiger partial charge in [0.25, 0.3) is 0 Å². The molecule has 7 nitrogen and oxygen atoms in total. The van der Waals surface area contributed by atoms with E-state index in [1.54, 1.807) is 23.9 Å². The van der Waals surface area contributed by atoms with E-state index < -0.39 is 0 Å². The number of benzene rings is 1. The molecular weight excluding hydrogens is 376 g/mol. The largest absolute Gasteiger partial charge is 0.497 e. The van der Waals surface area contributed by atoms with Crippen LogP contribution in [0.25, 0.3) is 10.9 Å². The monoisotopic (exact) mass is 400 g/mol. The van der Waals surface area contributed by atoms with Gasteiger partial charge in [-0.25, -0.2) is 4.98 Å². The third-order valence-corrected chi connectivity index (χ3v) is 5.54. The molecule has 3 aromatic rings. The Morgan fingerprint density at radius 1 is 1.29 bits per heavy atom. The second kappa shape index (κ2) is 8.10. The van der Waals surface area contributed by atoms with Crippen LogP contribution >= 0.6 is 11.3 Å². The average molecular weight is 401 g/mol. The number of rotatable bonds is 7. The van der Waals surface area contributed by atoms with Crippen LogP contribution in [-0.4, -0.2) is 33.6 Å². The minimum atomic E-state index is -0.198. The number of hydrogen-bond donors (Lipinski definition) is 1. The summed E-state index contributed by atoms with van der Waals surface area (Å²) in [5.74, 6) is 0.206. The smallest absolute Gasteiger partial charge is 0.242 e. The summed E-state index contributed by atoms with van der Waals surface area (Å²) in [6.45, 7) is 7.49. The number of aromatic nitrogens is 3. The first-order valence-electron chi connectivity index (χ1n) is 9.10. The molecule has 0 saturated carbocycles. The molecule has 1 atom stereocenters. The minimum absolute atomic E-state index is 0.00371. The molecule has 1 unspecified atom stereocenters. The van der Waals surface area contributed by atoms with Crippen LogP contribution in [0.5, 0.6) is 5.75 Å². The Bertz CT molecular complexity index is 1020. The number of carbonyl (C=O) groups is 2. The van der Waals surface area contributed by atoms with Crippen molar-refractivity contribution < 1.29 is 14.3 Å². The summed E-state index contributed by atoms with van der Waals surface area (Å²) in [4.78, 5) is 29.6. The molecule has 1 N–H and O–H groups in total. The lowest BCUT2D eigenvalue weighted by Crippen LogP contribution is -2.30. The topological polar surface area (TPSA) is 86.1 Å². The molecule has 0 spiro atoms. The van der Waals surface area contributed by atoms with Gasteiger partial charge in [0.15, 0.2) is 5.78 Å². The van der Waals surface area contributed by atoms with Crippen molar-refractivity contribution in [1.29, 1.82) is 0 Å². The number of ketones is 1. The van der Waals surface area contributed by atoms with Gasteiger partial charge in [-0.1, -0.05) is 13.8 Å². The molecular formula is C20H24N4O3S. The Labute approximate surface area is 167 Å². The van der Waals surface area contributed by atoms with Crippen molar-refractivity contribution in [3.63, 3.8) is 0 Å². The van der Waals surface area contributed by atoms with E-state index in [9.17, 15) is 9.59 Å². The molecule has 2 aromatic heterocycles. The van der Waals surface area contributed by atoms with Crippen LogP contribution in [0.3, 0.4) is 0 Å². The number of amides is 1. The standard InChI is InChI=1S/C20H24N4O3S/c1-11(2)19(26)18-15-7-6-14(27-5)8-16(15)24(23-18)9-17(25)22-13(4)20-21-12(3)10-28-20/h6-8,10-11,13H,9H2,1-5H3,(H,22,25). The first kappa shape index (κ1) is 20.0. The van der Waals surface area contributed by atoms with E-state index in [-0.39, 0.29) is 30.2 Å². The summed E-state index contributed by atoms with van der Waals surface area (Å²) in [7, 11) is 1.58. The lowest BCUT2D eigenvalue weighted by atomic mass is 10.0. The number of carbonyl (C=O) groups excluding carboxylic acids is 2. The van der Waals surface area contributed by atoms with Gasteiger partial charge in [0, 0.05) is 28.4 Å². The van der Waals surface area contributed by atoms with Crippen molar-refractivity contribution in [2.45, 2.75) is 40.3 Å². The third-order valence-electron chi connectivity index (χ3n) is 4.39. The van der Waals surface area contributed by atoms with Gasteiger partial charge in [-0.3, -0.25) is 14.3 Å². The second-order valence-electron chi connectivity index (χ2n) is 7.02. The molecule has 2 heterocycles. The SMILES string of the molecule is COc1ccc2c(C(=O)C(C)C)nn(CC(=O)NC(C)c3nc(C)cs3)c2c1. The minimum Gasteiger partial charge on any atom is -0.497 e. The fourth-order valence-electron chi connectivity index (χ4n) is 2.91. The molecule has 0 aliphatic heterocycles. The summed E-state index contributed by atoms with van der Waals surface area (Å²) in [6, 6.07) is 5.20. The number of thiazole rings is 1. The average Bonchev–Trinajstić information content (AvgIpc) is 3.24. The maximum atomic E-state index is 12.6. The highest BCUT2D eigenvalue weighted by Crippen LogP contribution is 2.26. The normalized spacial score (nSPS) is 12.4. The Morgan fingerprint density at radius 3 is 2.64 bits per heavy atom. The highest BCUT2D eigenvalue weighted by atomic mass is 32.1. The Morgan fingerprint density at radius 2 is 2.04 bits per heavy atom. The van der Waals surface area contributed by atoms with Crippen molar-refractivity contribution in [3.05, 3.63) is 40.0 Å². The molecule has 1 amide bonds. The summed E-state index contributed by atoms with van der Waals surface area (Å²) in [6.07, 6.45) is 0. The molecule has 1 aromatic carbocycles. The summed E-state index contributed by atoms with van der Waals surface area (Å²) >= 11 is 1.52. The Balaban J connectivity index is 1.88. The van der Waals surface area contributed by atoms with Crippen LogP contribution in [0.1, 0.15) is 48.0 Å². The van der Waals surface area contributed by atoms with Crippen molar-refractivity contribution in [2.75, 3.05) is 7.11 Å². The maximum absolute atomic E-state index is 12.6. The van der Waals surface area contributed by atoms with Crippen LogP contribution in [-0.2, 0) is 11.3 Å². The second-order valence-corrected chi connectivity index (χ2v) is 7.91. The van der Waals surface area contributed by atoms with E-state index in [1.807, 2.05) is 39.1 Å². The molecule has 148 valence electrons. The van der Waals surface area contributed by atoms with E-state index in [4.69, 9.17) is 4.74 Å². The van der Waals surface area contributed by atoms with Crippen LogP contribution in [0.4, 0.5) is 0 Å². The summed E-state index contributed by atoms with van der Waals surface area (Å²) in [5, 5.41) is 10.9. The summed E-state index contributed by atoms with van der Waals surface area (Å²) < 4.78 is 6.85. The predicted octanol–water partition coefficient (Wildman–Crippen LogP) is 3.53. The molecule has 0 fully saturated rings. The van der Waals surface area contributed by atoms with Gasteiger partial charge in [-0.2, -0.15) is 5.10 Å². The fourth-order valence-corrected chi connectivity index (χ4v) is 3.72. The molecule has 0 aliphatic rings. The van der Waals surface area contributed by atoms with Crippen molar-refractivity contribution in [3.8, 4) is 5.75 Å². The van der Waals surface area contributed by atoms with Gasteiger partial charge >= 0.3 is 0 Å². The van der Waals surface area contributed by atoms with E-state index in [0.29, 0.717) is 17.0 Å². The van der Waals surface area contributed by atoms with Gasteiger partial charge < -0.3 is 10.1 Å². The van der Waals surface area contributed by atoms with E-state index in [2.05, 4.69) is 15.4 Å². The number of nitrogens with zero attached hydrogens (tertiary/aromatic N) is 3. The Hall–Kier alpha value is -2.74. The fraction of sp³-hybridized carbons (Fsp3) is 0.400. The predicted molar refractivity (Wildman–Crippen MR) is 109 cm³/mol. The van der Waals surface area contributed by atoms with Crippen molar-refractivity contribution in [1.82, 2.24) is 20.1 Å². The number of nitrogens with one attached hydrogen (secondary N) is 1. The van der Waals surface area contributed by atoms with Gasteiger partial charge in [0.05, 0.1) is 18.7 Å². The van der Waals surface area contributed by atoms with Gasteiger partial charge in [-0.15, -0.1) is 11.3 Å². The number of Topliss-reactive ketones (excluding diaryl/α,β-unsaturated/α-hetero) is 1.